The van der Waals surface area contributed by atoms with Crippen molar-refractivity contribution in [2.75, 3.05) is 17.2 Å². The maximum Gasteiger partial charge on any atom is 0.228 e. The number of ether oxygens (including phenoxy) is 1. The van der Waals surface area contributed by atoms with E-state index in [9.17, 15) is 14.0 Å². The summed E-state index contributed by atoms with van der Waals surface area (Å²) in [5.41, 5.74) is 0.977. The average molecular weight is 377 g/mol. The van der Waals surface area contributed by atoms with E-state index in [2.05, 4.69) is 10.6 Å². The van der Waals surface area contributed by atoms with Gasteiger partial charge >= 0.3 is 0 Å². The van der Waals surface area contributed by atoms with Gasteiger partial charge in [-0.3, -0.25) is 9.59 Å². The first kappa shape index (κ1) is 18.2. The van der Waals surface area contributed by atoms with Crippen LogP contribution in [0.2, 0.25) is 5.02 Å². The van der Waals surface area contributed by atoms with Gasteiger partial charge in [-0.1, -0.05) is 23.7 Å². The van der Waals surface area contributed by atoms with Crippen molar-refractivity contribution in [3.05, 3.63) is 53.3 Å². The fraction of sp³-hybridized carbons (Fsp3) is 0.263. The van der Waals surface area contributed by atoms with Crippen LogP contribution in [0.3, 0.4) is 0 Å². The Morgan fingerprint density at radius 3 is 2.54 bits per heavy atom. The Labute approximate surface area is 155 Å². The molecule has 26 heavy (non-hydrogen) atoms. The van der Waals surface area contributed by atoms with Crippen LogP contribution in [0.1, 0.15) is 13.3 Å². The quantitative estimate of drug-likeness (QED) is 0.797. The average Bonchev–Trinajstić information content (AvgIpc) is 3.41. The molecule has 7 heteroatoms. The lowest BCUT2D eigenvalue weighted by molar-refractivity contribution is -0.122. The predicted octanol–water partition coefficient (Wildman–Crippen LogP) is 4.09. The van der Waals surface area contributed by atoms with Gasteiger partial charge in [0.15, 0.2) is 0 Å². The Bertz CT molecular complexity index is 843. The first-order chi connectivity index (χ1) is 12.5. The zero-order valence-electron chi connectivity index (χ0n) is 14.1. The second-order valence-corrected chi connectivity index (χ2v) is 6.39. The third-order valence-electron chi connectivity index (χ3n) is 4.10. The van der Waals surface area contributed by atoms with Gasteiger partial charge in [0, 0.05) is 5.69 Å². The van der Waals surface area contributed by atoms with Crippen LogP contribution < -0.4 is 15.4 Å². The van der Waals surface area contributed by atoms with Gasteiger partial charge in [0.05, 0.1) is 29.2 Å². The molecule has 2 N–H and O–H groups in total. The molecule has 136 valence electrons. The van der Waals surface area contributed by atoms with Crippen LogP contribution in [-0.2, 0) is 9.59 Å². The summed E-state index contributed by atoms with van der Waals surface area (Å²) in [6, 6.07) is 11.1. The molecule has 2 atom stereocenters. The number of halogens is 2. The summed E-state index contributed by atoms with van der Waals surface area (Å²) in [5.74, 6) is -1.30. The Balaban J connectivity index is 1.58. The molecule has 5 nitrogen and oxygen atoms in total. The van der Waals surface area contributed by atoms with Crippen molar-refractivity contribution in [2.24, 2.45) is 11.8 Å². The van der Waals surface area contributed by atoms with Crippen LogP contribution in [0.25, 0.3) is 0 Å². The Kier molecular flexibility index (Phi) is 5.42. The van der Waals surface area contributed by atoms with Crippen LogP contribution in [0.15, 0.2) is 42.5 Å². The largest absolute Gasteiger partial charge is 0.492 e. The SMILES string of the molecule is CCOc1ccccc1NC(=O)C1CC1C(=O)Nc1ccc(F)c(Cl)c1. The van der Waals surface area contributed by atoms with Crippen molar-refractivity contribution in [3.63, 3.8) is 0 Å². The molecule has 1 aliphatic rings. The number of carbonyl (C=O) groups is 2. The highest BCUT2D eigenvalue weighted by molar-refractivity contribution is 6.31. The second kappa shape index (κ2) is 7.74. The summed E-state index contributed by atoms with van der Waals surface area (Å²) in [7, 11) is 0. The van der Waals surface area contributed by atoms with Crippen molar-refractivity contribution < 1.29 is 18.7 Å². The molecule has 2 amide bonds. The number of para-hydroxylation sites is 2. The van der Waals surface area contributed by atoms with Crippen LogP contribution >= 0.6 is 11.6 Å². The Morgan fingerprint density at radius 2 is 1.85 bits per heavy atom. The maximum absolute atomic E-state index is 13.2. The molecule has 1 saturated carbocycles. The number of hydrogen-bond acceptors (Lipinski definition) is 3. The normalized spacial score (nSPS) is 18.1. The second-order valence-electron chi connectivity index (χ2n) is 5.99. The molecule has 0 saturated heterocycles. The maximum atomic E-state index is 13.2. The third kappa shape index (κ3) is 4.14. The topological polar surface area (TPSA) is 67.4 Å². The van der Waals surface area contributed by atoms with Crippen LogP contribution in [0, 0.1) is 17.7 Å². The van der Waals surface area contributed by atoms with E-state index in [1.807, 2.05) is 13.0 Å². The van der Waals surface area contributed by atoms with Gasteiger partial charge < -0.3 is 15.4 Å². The highest BCUT2D eigenvalue weighted by Gasteiger charge is 2.48. The number of nitrogens with one attached hydrogen (secondary N) is 2. The van der Waals surface area contributed by atoms with Crippen molar-refractivity contribution in [1.29, 1.82) is 0 Å². The predicted molar refractivity (Wildman–Crippen MR) is 97.9 cm³/mol. The minimum absolute atomic E-state index is 0.0691. The molecule has 2 unspecified atom stereocenters. The van der Waals surface area contributed by atoms with Gasteiger partial charge in [-0.25, -0.2) is 4.39 Å². The molecular weight excluding hydrogens is 359 g/mol. The van der Waals surface area contributed by atoms with Gasteiger partial charge in [-0.2, -0.15) is 0 Å². The molecule has 0 radical (unpaired) electrons. The molecule has 0 bridgehead atoms. The Hall–Kier alpha value is -2.60. The summed E-state index contributed by atoms with van der Waals surface area (Å²) >= 11 is 5.70. The van der Waals surface area contributed by atoms with E-state index in [0.29, 0.717) is 30.2 Å². The number of carbonyl (C=O) groups excluding carboxylic acids is 2. The summed E-state index contributed by atoms with van der Waals surface area (Å²) in [4.78, 5) is 24.6. The number of benzene rings is 2. The molecule has 0 aliphatic heterocycles. The van der Waals surface area contributed by atoms with Crippen LogP contribution in [-0.4, -0.2) is 18.4 Å². The zero-order chi connectivity index (χ0) is 18.7. The van der Waals surface area contributed by atoms with E-state index in [1.165, 1.54) is 18.2 Å². The number of rotatable bonds is 6. The summed E-state index contributed by atoms with van der Waals surface area (Å²) in [6.45, 7) is 2.35. The van der Waals surface area contributed by atoms with E-state index < -0.39 is 17.7 Å². The fourth-order valence-electron chi connectivity index (χ4n) is 2.66. The van der Waals surface area contributed by atoms with E-state index in [1.54, 1.807) is 18.2 Å². The van der Waals surface area contributed by atoms with Gasteiger partial charge in [-0.05, 0) is 43.7 Å². The summed E-state index contributed by atoms with van der Waals surface area (Å²) < 4.78 is 18.6. The van der Waals surface area contributed by atoms with Crippen LogP contribution in [0.5, 0.6) is 5.75 Å². The smallest absolute Gasteiger partial charge is 0.228 e. The Morgan fingerprint density at radius 1 is 1.15 bits per heavy atom. The van der Waals surface area contributed by atoms with E-state index in [4.69, 9.17) is 16.3 Å². The molecule has 2 aromatic rings. The summed E-state index contributed by atoms with van der Waals surface area (Å²) in [6.07, 6.45) is 0.462. The monoisotopic (exact) mass is 376 g/mol. The van der Waals surface area contributed by atoms with Gasteiger partial charge in [0.25, 0.3) is 0 Å². The first-order valence-electron chi connectivity index (χ1n) is 8.28. The van der Waals surface area contributed by atoms with Crippen molar-refractivity contribution in [3.8, 4) is 5.75 Å². The van der Waals surface area contributed by atoms with E-state index in [-0.39, 0.29) is 16.8 Å². The van der Waals surface area contributed by atoms with Gasteiger partial charge in [0.2, 0.25) is 11.8 Å². The molecule has 1 fully saturated rings. The first-order valence-corrected chi connectivity index (χ1v) is 8.66. The van der Waals surface area contributed by atoms with E-state index in [0.717, 1.165) is 0 Å². The summed E-state index contributed by atoms with van der Waals surface area (Å²) in [5, 5.41) is 5.40. The number of hydrogen-bond donors (Lipinski definition) is 2. The number of anilines is 2. The van der Waals surface area contributed by atoms with Gasteiger partial charge in [-0.15, -0.1) is 0 Å². The lowest BCUT2D eigenvalue weighted by Crippen LogP contribution is -2.20. The molecule has 0 aromatic heterocycles. The molecule has 1 aliphatic carbocycles. The highest BCUT2D eigenvalue weighted by atomic mass is 35.5. The van der Waals surface area contributed by atoms with Crippen molar-refractivity contribution in [2.45, 2.75) is 13.3 Å². The molecule has 2 aromatic carbocycles. The highest BCUT2D eigenvalue weighted by Crippen LogP contribution is 2.41. The standard InChI is InChI=1S/C19H18ClFN2O3/c1-2-26-17-6-4-3-5-16(17)23-19(25)13-10-12(13)18(24)22-11-7-8-15(21)14(20)9-11/h3-9,12-13H,2,10H2,1H3,(H,22,24)(H,23,25). The zero-order valence-corrected chi connectivity index (χ0v) is 14.8. The van der Waals surface area contributed by atoms with Gasteiger partial charge in [0.1, 0.15) is 11.6 Å². The van der Waals surface area contributed by atoms with Crippen LogP contribution in [0.4, 0.5) is 15.8 Å². The minimum atomic E-state index is -0.554. The molecule has 0 heterocycles. The van der Waals surface area contributed by atoms with Crippen molar-refractivity contribution >= 4 is 34.8 Å². The van der Waals surface area contributed by atoms with E-state index >= 15 is 0 Å². The molecular formula is C19H18ClFN2O3. The third-order valence-corrected chi connectivity index (χ3v) is 4.39. The minimum Gasteiger partial charge on any atom is -0.492 e. The fourth-order valence-corrected chi connectivity index (χ4v) is 2.84. The molecule has 3 rings (SSSR count). The lowest BCUT2D eigenvalue weighted by atomic mass is 10.2. The molecule has 0 spiro atoms. The number of amides is 2. The lowest BCUT2D eigenvalue weighted by Gasteiger charge is -2.11. The van der Waals surface area contributed by atoms with Crippen molar-refractivity contribution in [1.82, 2.24) is 0 Å².